The van der Waals surface area contributed by atoms with Crippen LogP contribution in [0.2, 0.25) is 0 Å². The number of hydrogen-bond donors (Lipinski definition) is 0. The van der Waals surface area contributed by atoms with Crippen molar-refractivity contribution in [3.05, 3.63) is 28.7 Å². The summed E-state index contributed by atoms with van der Waals surface area (Å²) in [7, 11) is -2.54. The van der Waals surface area contributed by atoms with Crippen LogP contribution < -0.4 is 0 Å². The summed E-state index contributed by atoms with van der Waals surface area (Å²) >= 11 is 3.14. The van der Waals surface area contributed by atoms with Gasteiger partial charge in [-0.05, 0) is 35.0 Å². The van der Waals surface area contributed by atoms with Gasteiger partial charge < -0.3 is 4.74 Å². The Kier molecular flexibility index (Phi) is 4.09. The highest BCUT2D eigenvalue weighted by molar-refractivity contribution is 9.10. The van der Waals surface area contributed by atoms with Gasteiger partial charge in [0.1, 0.15) is 0 Å². The van der Waals surface area contributed by atoms with Gasteiger partial charge in [-0.2, -0.15) is 0 Å². The van der Waals surface area contributed by atoms with E-state index in [1.54, 1.807) is 18.2 Å². The molecule has 0 N–H and O–H groups in total. The summed E-state index contributed by atoms with van der Waals surface area (Å²) in [6.07, 6.45) is 0. The van der Waals surface area contributed by atoms with E-state index in [0.717, 1.165) is 7.11 Å². The van der Waals surface area contributed by atoms with Gasteiger partial charge in [-0.25, -0.2) is 8.42 Å². The molecule has 88 valence electrons. The van der Waals surface area contributed by atoms with Gasteiger partial charge in [0, 0.05) is 4.47 Å². The largest absolute Gasteiger partial charge is 0.468 e. The second-order valence-corrected chi connectivity index (χ2v) is 6.23. The predicted octanol–water partition coefficient (Wildman–Crippen LogP) is 1.78. The minimum atomic E-state index is -3.70. The lowest BCUT2D eigenvalue weighted by Crippen LogP contribution is -2.28. The number of carbonyl (C=O) groups excluding carboxylic acids is 1. The first-order valence-electron chi connectivity index (χ1n) is 4.47. The van der Waals surface area contributed by atoms with E-state index in [0.29, 0.717) is 4.47 Å². The summed E-state index contributed by atoms with van der Waals surface area (Å²) < 4.78 is 28.9. The van der Waals surface area contributed by atoms with Crippen molar-refractivity contribution in [3.8, 4) is 0 Å². The van der Waals surface area contributed by atoms with Gasteiger partial charge in [0.15, 0.2) is 15.1 Å². The first-order chi connectivity index (χ1) is 7.41. The van der Waals surface area contributed by atoms with Crippen molar-refractivity contribution in [2.75, 3.05) is 7.11 Å². The number of halogens is 1. The van der Waals surface area contributed by atoms with Gasteiger partial charge in [-0.15, -0.1) is 0 Å². The third kappa shape index (κ3) is 2.44. The fourth-order valence-electron chi connectivity index (χ4n) is 1.16. The Morgan fingerprint density at radius 3 is 2.44 bits per heavy atom. The third-order valence-corrected chi connectivity index (χ3v) is 5.19. The summed E-state index contributed by atoms with van der Waals surface area (Å²) in [6.45, 7) is 1.31. The van der Waals surface area contributed by atoms with Crippen molar-refractivity contribution in [1.82, 2.24) is 0 Å². The molecule has 0 heterocycles. The lowest BCUT2D eigenvalue weighted by molar-refractivity contribution is -0.139. The Labute approximate surface area is 103 Å². The fraction of sp³-hybridized carbons (Fsp3) is 0.300. The summed E-state index contributed by atoms with van der Waals surface area (Å²) in [5, 5.41) is -1.21. The minimum absolute atomic E-state index is 0.0906. The molecule has 0 radical (unpaired) electrons. The quantitative estimate of drug-likeness (QED) is 0.799. The zero-order chi connectivity index (χ0) is 12.3. The molecule has 0 saturated heterocycles. The SMILES string of the molecule is COC(=O)C(C)S(=O)(=O)c1ccccc1Br. The van der Waals surface area contributed by atoms with Crippen molar-refractivity contribution in [1.29, 1.82) is 0 Å². The van der Waals surface area contributed by atoms with Crippen LogP contribution in [-0.4, -0.2) is 26.7 Å². The lowest BCUT2D eigenvalue weighted by Gasteiger charge is -2.11. The molecular formula is C10H11BrO4S. The van der Waals surface area contributed by atoms with Crippen LogP contribution in [-0.2, 0) is 19.4 Å². The number of methoxy groups -OCH3 is 1. The van der Waals surface area contributed by atoms with E-state index in [4.69, 9.17) is 0 Å². The molecule has 6 heteroatoms. The fourth-order valence-corrected chi connectivity index (χ4v) is 3.46. The predicted molar refractivity (Wildman–Crippen MR) is 62.8 cm³/mol. The van der Waals surface area contributed by atoms with E-state index in [9.17, 15) is 13.2 Å². The topological polar surface area (TPSA) is 60.4 Å². The van der Waals surface area contributed by atoms with Gasteiger partial charge in [0.25, 0.3) is 0 Å². The van der Waals surface area contributed by atoms with E-state index in [2.05, 4.69) is 20.7 Å². The van der Waals surface area contributed by atoms with E-state index >= 15 is 0 Å². The van der Waals surface area contributed by atoms with Crippen LogP contribution in [0, 0.1) is 0 Å². The smallest absolute Gasteiger partial charge is 0.324 e. The number of esters is 1. The third-order valence-electron chi connectivity index (χ3n) is 2.14. The normalized spacial score (nSPS) is 13.2. The maximum absolute atomic E-state index is 12.0. The van der Waals surface area contributed by atoms with Gasteiger partial charge in [-0.1, -0.05) is 12.1 Å². The molecule has 1 rings (SSSR count). The molecular weight excluding hydrogens is 296 g/mol. The zero-order valence-corrected chi connectivity index (χ0v) is 11.2. The number of sulfone groups is 1. The molecule has 1 unspecified atom stereocenters. The summed E-state index contributed by atoms with van der Waals surface area (Å²) in [4.78, 5) is 11.3. The van der Waals surface area contributed by atoms with E-state index in [1.807, 2.05) is 0 Å². The maximum atomic E-state index is 12.0. The monoisotopic (exact) mass is 306 g/mol. The van der Waals surface area contributed by atoms with E-state index < -0.39 is 21.1 Å². The van der Waals surface area contributed by atoms with Gasteiger partial charge in [0.2, 0.25) is 0 Å². The molecule has 1 aromatic carbocycles. The number of ether oxygens (including phenoxy) is 1. The Hall–Kier alpha value is -0.880. The number of carbonyl (C=O) groups is 1. The maximum Gasteiger partial charge on any atom is 0.324 e. The van der Waals surface area contributed by atoms with Crippen LogP contribution in [0.25, 0.3) is 0 Å². The second-order valence-electron chi connectivity index (χ2n) is 3.14. The van der Waals surface area contributed by atoms with E-state index in [1.165, 1.54) is 13.0 Å². The van der Waals surface area contributed by atoms with Crippen molar-refractivity contribution in [2.45, 2.75) is 17.1 Å². The van der Waals surface area contributed by atoms with Gasteiger partial charge in [0.05, 0.1) is 12.0 Å². The highest BCUT2D eigenvalue weighted by Crippen LogP contribution is 2.25. The molecule has 0 aromatic heterocycles. The summed E-state index contributed by atoms with van der Waals surface area (Å²) in [5.41, 5.74) is 0. The van der Waals surface area contributed by atoms with Gasteiger partial charge >= 0.3 is 5.97 Å². The molecule has 0 saturated carbocycles. The average molecular weight is 307 g/mol. The van der Waals surface area contributed by atoms with Crippen molar-refractivity contribution >= 4 is 31.7 Å². The highest BCUT2D eigenvalue weighted by Gasteiger charge is 2.31. The van der Waals surface area contributed by atoms with Crippen LogP contribution in [0.4, 0.5) is 0 Å². The molecule has 1 atom stereocenters. The molecule has 0 aliphatic carbocycles. The highest BCUT2D eigenvalue weighted by atomic mass is 79.9. The van der Waals surface area contributed by atoms with Crippen LogP contribution >= 0.6 is 15.9 Å². The minimum Gasteiger partial charge on any atom is -0.468 e. The summed E-state index contributed by atoms with van der Waals surface area (Å²) in [5.74, 6) is -0.768. The zero-order valence-electron chi connectivity index (χ0n) is 8.81. The van der Waals surface area contributed by atoms with Gasteiger partial charge in [-0.3, -0.25) is 4.79 Å². The Balaban J connectivity index is 3.23. The molecule has 16 heavy (non-hydrogen) atoms. The van der Waals surface area contributed by atoms with Crippen LogP contribution in [0.3, 0.4) is 0 Å². The molecule has 1 aromatic rings. The number of hydrogen-bond acceptors (Lipinski definition) is 4. The lowest BCUT2D eigenvalue weighted by atomic mass is 10.4. The molecule has 0 aliphatic heterocycles. The molecule has 0 spiro atoms. The summed E-state index contributed by atoms with van der Waals surface area (Å²) in [6, 6.07) is 6.35. The van der Waals surface area contributed by atoms with E-state index in [-0.39, 0.29) is 4.90 Å². The molecule has 0 bridgehead atoms. The Bertz CT molecular complexity index is 495. The first kappa shape index (κ1) is 13.2. The molecule has 0 aliphatic rings. The van der Waals surface area contributed by atoms with Crippen molar-refractivity contribution in [3.63, 3.8) is 0 Å². The first-order valence-corrected chi connectivity index (χ1v) is 6.81. The number of benzene rings is 1. The Morgan fingerprint density at radius 2 is 1.94 bits per heavy atom. The van der Waals surface area contributed by atoms with Crippen LogP contribution in [0.15, 0.2) is 33.6 Å². The molecule has 0 fully saturated rings. The molecule has 0 amide bonds. The van der Waals surface area contributed by atoms with Crippen LogP contribution in [0.1, 0.15) is 6.92 Å². The Morgan fingerprint density at radius 1 is 1.38 bits per heavy atom. The number of rotatable bonds is 3. The standard InChI is InChI=1S/C10H11BrO4S/c1-7(10(12)15-2)16(13,14)9-6-4-3-5-8(9)11/h3-7H,1-2H3. The van der Waals surface area contributed by atoms with Crippen LogP contribution in [0.5, 0.6) is 0 Å². The second kappa shape index (κ2) is 4.97. The van der Waals surface area contributed by atoms with Crippen molar-refractivity contribution in [2.24, 2.45) is 0 Å². The molecule has 4 nitrogen and oxygen atoms in total. The average Bonchev–Trinajstić information content (AvgIpc) is 2.27. The van der Waals surface area contributed by atoms with Crippen molar-refractivity contribution < 1.29 is 17.9 Å².